The highest BCUT2D eigenvalue weighted by Crippen LogP contribution is 2.32. The number of hydrogen-bond donors (Lipinski definition) is 1. The zero-order chi connectivity index (χ0) is 19.1. The predicted molar refractivity (Wildman–Crippen MR) is 115 cm³/mol. The molecule has 2 aromatic carbocycles. The molecule has 0 unspecified atom stereocenters. The number of morpholine rings is 1. The third-order valence-electron chi connectivity index (χ3n) is 4.64. The summed E-state index contributed by atoms with van der Waals surface area (Å²) >= 11 is 5.07. The van der Waals surface area contributed by atoms with Crippen molar-refractivity contribution in [3.8, 4) is 0 Å². The lowest BCUT2D eigenvalue weighted by Gasteiger charge is -2.25. The second kappa shape index (κ2) is 7.20. The average molecular weight is 458 g/mol. The predicted octanol–water partition coefficient (Wildman–Crippen LogP) is 4.89. The number of thiazole rings is 1. The van der Waals surface area contributed by atoms with Crippen LogP contribution >= 0.6 is 27.3 Å². The van der Waals surface area contributed by atoms with E-state index in [-0.39, 0.29) is 11.7 Å². The highest BCUT2D eigenvalue weighted by Gasteiger charge is 2.17. The molecule has 0 aliphatic carbocycles. The SMILES string of the molecule is O=C(Nc1ccc2nc(N3CCOCC3)sc2c1)c1cc2cccc(Br)c2o1. The van der Waals surface area contributed by atoms with Crippen LogP contribution in [0.2, 0.25) is 0 Å². The molecule has 0 radical (unpaired) electrons. The molecule has 0 atom stereocenters. The summed E-state index contributed by atoms with van der Waals surface area (Å²) in [6.45, 7) is 3.16. The van der Waals surface area contributed by atoms with Gasteiger partial charge in [0.2, 0.25) is 0 Å². The van der Waals surface area contributed by atoms with Gasteiger partial charge in [0, 0.05) is 24.2 Å². The number of amides is 1. The van der Waals surface area contributed by atoms with Crippen LogP contribution in [0.3, 0.4) is 0 Å². The Bertz CT molecular complexity index is 1180. The molecule has 0 saturated carbocycles. The van der Waals surface area contributed by atoms with E-state index in [0.717, 1.165) is 51.5 Å². The maximum atomic E-state index is 12.6. The Kier molecular flexibility index (Phi) is 4.54. The molecule has 28 heavy (non-hydrogen) atoms. The molecule has 4 aromatic rings. The summed E-state index contributed by atoms with van der Waals surface area (Å²) in [4.78, 5) is 19.6. The number of nitrogens with zero attached hydrogens (tertiary/aromatic N) is 2. The standard InChI is InChI=1S/C20H16BrN3O3S/c21-14-3-1-2-12-10-16(27-18(12)14)19(25)22-13-4-5-15-17(11-13)28-20(23-15)24-6-8-26-9-7-24/h1-5,10-11H,6-9H2,(H,22,25). The summed E-state index contributed by atoms with van der Waals surface area (Å²) in [6, 6.07) is 13.2. The van der Waals surface area contributed by atoms with E-state index < -0.39 is 0 Å². The Labute approximate surface area is 173 Å². The minimum Gasteiger partial charge on any atom is -0.450 e. The maximum Gasteiger partial charge on any atom is 0.291 e. The maximum absolute atomic E-state index is 12.6. The second-order valence-electron chi connectivity index (χ2n) is 6.50. The van der Waals surface area contributed by atoms with Crippen LogP contribution in [-0.2, 0) is 4.74 Å². The monoisotopic (exact) mass is 457 g/mol. The molecule has 1 amide bonds. The first-order valence-electron chi connectivity index (χ1n) is 8.90. The van der Waals surface area contributed by atoms with Crippen LogP contribution in [0, 0.1) is 0 Å². The van der Waals surface area contributed by atoms with Crippen molar-refractivity contribution in [2.75, 3.05) is 36.5 Å². The van der Waals surface area contributed by atoms with Crippen molar-refractivity contribution in [1.29, 1.82) is 0 Å². The molecule has 6 nitrogen and oxygen atoms in total. The number of rotatable bonds is 3. The number of ether oxygens (including phenoxy) is 1. The Balaban J connectivity index is 1.39. The third kappa shape index (κ3) is 3.28. The Morgan fingerprint density at radius 1 is 1.18 bits per heavy atom. The Morgan fingerprint density at radius 2 is 2.04 bits per heavy atom. The van der Waals surface area contributed by atoms with E-state index in [1.165, 1.54) is 0 Å². The van der Waals surface area contributed by atoms with E-state index in [4.69, 9.17) is 14.1 Å². The van der Waals surface area contributed by atoms with Crippen LogP contribution < -0.4 is 10.2 Å². The van der Waals surface area contributed by atoms with Gasteiger partial charge in [-0.1, -0.05) is 23.5 Å². The minimum absolute atomic E-state index is 0.277. The van der Waals surface area contributed by atoms with Gasteiger partial charge in [0.15, 0.2) is 10.9 Å². The van der Waals surface area contributed by atoms with Gasteiger partial charge < -0.3 is 19.4 Å². The van der Waals surface area contributed by atoms with E-state index in [1.54, 1.807) is 17.4 Å². The van der Waals surface area contributed by atoms with Crippen LogP contribution in [0.25, 0.3) is 21.2 Å². The highest BCUT2D eigenvalue weighted by molar-refractivity contribution is 9.10. The number of carbonyl (C=O) groups is 1. The van der Waals surface area contributed by atoms with Gasteiger partial charge in [-0.15, -0.1) is 0 Å². The molecule has 1 saturated heterocycles. The fourth-order valence-electron chi connectivity index (χ4n) is 3.21. The smallest absolute Gasteiger partial charge is 0.291 e. The van der Waals surface area contributed by atoms with E-state index in [1.807, 2.05) is 36.4 Å². The normalized spacial score (nSPS) is 14.7. The van der Waals surface area contributed by atoms with Crippen molar-refractivity contribution in [2.24, 2.45) is 0 Å². The van der Waals surface area contributed by atoms with Gasteiger partial charge >= 0.3 is 0 Å². The molecular weight excluding hydrogens is 442 g/mol. The summed E-state index contributed by atoms with van der Waals surface area (Å²) in [7, 11) is 0. The lowest BCUT2D eigenvalue weighted by Crippen LogP contribution is -2.36. The van der Waals surface area contributed by atoms with Gasteiger partial charge in [0.25, 0.3) is 5.91 Å². The fourth-order valence-corrected chi connectivity index (χ4v) is 4.73. The molecule has 0 bridgehead atoms. The van der Waals surface area contributed by atoms with E-state index >= 15 is 0 Å². The van der Waals surface area contributed by atoms with Crippen molar-refractivity contribution >= 4 is 65.2 Å². The molecular formula is C20H16BrN3O3S. The van der Waals surface area contributed by atoms with Crippen molar-refractivity contribution in [2.45, 2.75) is 0 Å². The summed E-state index contributed by atoms with van der Waals surface area (Å²) in [5.41, 5.74) is 2.31. The van der Waals surface area contributed by atoms with Crippen molar-refractivity contribution in [3.05, 3.63) is 52.7 Å². The number of fused-ring (bicyclic) bond motifs is 2. The molecule has 0 spiro atoms. The lowest BCUT2D eigenvalue weighted by molar-refractivity contribution is 0.0998. The average Bonchev–Trinajstić information content (AvgIpc) is 3.33. The molecule has 1 aliphatic rings. The molecule has 3 heterocycles. The Morgan fingerprint density at radius 3 is 2.86 bits per heavy atom. The summed E-state index contributed by atoms with van der Waals surface area (Å²) in [5, 5.41) is 4.79. The summed E-state index contributed by atoms with van der Waals surface area (Å²) in [5.74, 6) is 0.000625. The van der Waals surface area contributed by atoms with Gasteiger partial charge in [-0.25, -0.2) is 4.98 Å². The van der Waals surface area contributed by atoms with Gasteiger partial charge in [-0.2, -0.15) is 0 Å². The van der Waals surface area contributed by atoms with E-state index in [9.17, 15) is 4.79 Å². The van der Waals surface area contributed by atoms with Crippen LogP contribution in [0.1, 0.15) is 10.6 Å². The van der Waals surface area contributed by atoms with Gasteiger partial charge in [-0.05, 0) is 46.3 Å². The number of nitrogens with one attached hydrogen (secondary N) is 1. The number of furan rings is 1. The van der Waals surface area contributed by atoms with Gasteiger partial charge in [0.1, 0.15) is 5.58 Å². The molecule has 5 rings (SSSR count). The first-order valence-corrected chi connectivity index (χ1v) is 10.5. The van der Waals surface area contributed by atoms with Crippen LogP contribution in [0.4, 0.5) is 10.8 Å². The summed E-state index contributed by atoms with van der Waals surface area (Å²) in [6.07, 6.45) is 0. The molecule has 1 aliphatic heterocycles. The van der Waals surface area contributed by atoms with E-state index in [2.05, 4.69) is 26.1 Å². The highest BCUT2D eigenvalue weighted by atomic mass is 79.9. The molecule has 1 N–H and O–H groups in total. The fraction of sp³-hybridized carbons (Fsp3) is 0.200. The molecule has 142 valence electrons. The molecule has 2 aromatic heterocycles. The van der Waals surface area contributed by atoms with Gasteiger partial charge in [-0.3, -0.25) is 4.79 Å². The number of benzene rings is 2. The lowest BCUT2D eigenvalue weighted by atomic mass is 10.2. The molecule has 1 fully saturated rings. The van der Waals surface area contributed by atoms with Crippen molar-refractivity contribution in [1.82, 2.24) is 4.98 Å². The first-order chi connectivity index (χ1) is 13.7. The number of aromatic nitrogens is 1. The van der Waals surface area contributed by atoms with Crippen molar-refractivity contribution < 1.29 is 13.9 Å². The number of hydrogen-bond acceptors (Lipinski definition) is 6. The zero-order valence-corrected chi connectivity index (χ0v) is 17.2. The van der Waals surface area contributed by atoms with Crippen LogP contribution in [0.15, 0.2) is 51.4 Å². The van der Waals surface area contributed by atoms with Gasteiger partial charge in [0.05, 0.1) is 27.9 Å². The number of carbonyl (C=O) groups excluding carboxylic acids is 1. The topological polar surface area (TPSA) is 67.6 Å². The van der Waals surface area contributed by atoms with E-state index in [0.29, 0.717) is 11.3 Å². The number of para-hydroxylation sites is 1. The largest absolute Gasteiger partial charge is 0.450 e. The minimum atomic E-state index is -0.277. The Hall–Kier alpha value is -2.42. The quantitative estimate of drug-likeness (QED) is 0.474. The number of anilines is 2. The zero-order valence-electron chi connectivity index (χ0n) is 14.8. The van der Waals surface area contributed by atoms with Crippen LogP contribution in [0.5, 0.6) is 0 Å². The third-order valence-corrected chi connectivity index (χ3v) is 6.34. The second-order valence-corrected chi connectivity index (χ2v) is 8.36. The summed E-state index contributed by atoms with van der Waals surface area (Å²) < 4.78 is 13.0. The van der Waals surface area contributed by atoms with Crippen molar-refractivity contribution in [3.63, 3.8) is 0 Å². The first kappa shape index (κ1) is 17.7. The molecule has 8 heteroatoms. The number of halogens is 1. The van der Waals surface area contributed by atoms with Crippen LogP contribution in [-0.4, -0.2) is 37.2 Å².